The van der Waals surface area contributed by atoms with E-state index in [4.69, 9.17) is 4.52 Å². The normalized spacial score (nSPS) is 10.8. The van der Waals surface area contributed by atoms with E-state index in [0.717, 1.165) is 16.8 Å². The summed E-state index contributed by atoms with van der Waals surface area (Å²) < 4.78 is 5.35. The molecule has 0 bridgehead atoms. The smallest absolute Gasteiger partial charge is 0.276 e. The predicted octanol–water partition coefficient (Wildman–Crippen LogP) is 4.10. The van der Waals surface area contributed by atoms with Gasteiger partial charge in [-0.3, -0.25) is 5.10 Å². The van der Waals surface area contributed by atoms with Crippen LogP contribution >= 0.6 is 0 Å². The van der Waals surface area contributed by atoms with Crippen LogP contribution in [0.3, 0.4) is 0 Å². The second kappa shape index (κ2) is 5.53. The maximum Gasteiger partial charge on any atom is 0.276 e. The minimum absolute atomic E-state index is 0.427. The molecule has 0 saturated carbocycles. The lowest BCUT2D eigenvalue weighted by atomic mass is 10.1. The Morgan fingerprint density at radius 2 is 1.74 bits per heavy atom. The highest BCUT2D eigenvalue weighted by Gasteiger charge is 2.14. The molecule has 4 aromatic rings. The Hall–Kier alpha value is -3.21. The van der Waals surface area contributed by atoms with Crippen LogP contribution in [0.4, 0.5) is 0 Å². The number of hydrogen-bond acceptors (Lipinski definition) is 4. The Morgan fingerprint density at radius 1 is 0.957 bits per heavy atom. The van der Waals surface area contributed by atoms with E-state index in [1.807, 2.05) is 54.6 Å². The van der Waals surface area contributed by atoms with Crippen LogP contribution in [0.1, 0.15) is 5.56 Å². The standard InChI is InChI=1S/C18H14N4O/c1-12-7-5-6-10-14(12)15-11-16(21-20-15)18-19-17(22-23-18)13-8-3-2-4-9-13/h2-11H,1H3,(H,20,21). The first kappa shape index (κ1) is 13.5. The van der Waals surface area contributed by atoms with E-state index in [1.165, 1.54) is 5.56 Å². The number of aryl methyl sites for hydroxylation is 1. The fraction of sp³-hybridized carbons (Fsp3) is 0.0556. The zero-order valence-corrected chi connectivity index (χ0v) is 12.5. The molecule has 5 heteroatoms. The Balaban J connectivity index is 1.68. The summed E-state index contributed by atoms with van der Waals surface area (Å²) in [5.41, 5.74) is 4.73. The molecule has 0 fully saturated rings. The van der Waals surface area contributed by atoms with Crippen molar-refractivity contribution in [1.29, 1.82) is 0 Å². The van der Waals surface area contributed by atoms with Gasteiger partial charge in [0.05, 0.1) is 5.69 Å². The Morgan fingerprint density at radius 3 is 2.57 bits per heavy atom. The maximum absolute atomic E-state index is 5.35. The van der Waals surface area contributed by atoms with E-state index in [0.29, 0.717) is 17.4 Å². The highest BCUT2D eigenvalue weighted by molar-refractivity contribution is 5.68. The topological polar surface area (TPSA) is 67.6 Å². The third-order valence-corrected chi connectivity index (χ3v) is 3.69. The number of rotatable bonds is 3. The van der Waals surface area contributed by atoms with Crippen molar-refractivity contribution in [1.82, 2.24) is 20.3 Å². The summed E-state index contributed by atoms with van der Waals surface area (Å²) >= 11 is 0. The first-order valence-corrected chi connectivity index (χ1v) is 7.32. The molecular formula is C18H14N4O. The second-order valence-corrected chi connectivity index (χ2v) is 5.27. The summed E-state index contributed by atoms with van der Waals surface area (Å²) in [6.07, 6.45) is 0. The maximum atomic E-state index is 5.35. The van der Waals surface area contributed by atoms with E-state index in [1.54, 1.807) is 0 Å². The van der Waals surface area contributed by atoms with Crippen LogP contribution in [0.2, 0.25) is 0 Å². The summed E-state index contributed by atoms with van der Waals surface area (Å²) in [7, 11) is 0. The van der Waals surface area contributed by atoms with Gasteiger partial charge in [-0.15, -0.1) is 0 Å². The number of hydrogen-bond donors (Lipinski definition) is 1. The number of nitrogens with one attached hydrogen (secondary N) is 1. The van der Waals surface area contributed by atoms with Gasteiger partial charge >= 0.3 is 0 Å². The van der Waals surface area contributed by atoms with Gasteiger partial charge in [-0.05, 0) is 18.6 Å². The van der Waals surface area contributed by atoms with Gasteiger partial charge in [0.25, 0.3) is 5.89 Å². The molecule has 0 unspecified atom stereocenters. The monoisotopic (exact) mass is 302 g/mol. The van der Waals surface area contributed by atoms with Crippen LogP contribution in [0.5, 0.6) is 0 Å². The SMILES string of the molecule is Cc1ccccc1-c1cc(-c2nc(-c3ccccc3)no2)[nH]n1. The molecule has 5 nitrogen and oxygen atoms in total. The summed E-state index contributed by atoms with van der Waals surface area (Å²) in [5.74, 6) is 0.990. The van der Waals surface area contributed by atoms with E-state index >= 15 is 0 Å². The van der Waals surface area contributed by atoms with Crippen molar-refractivity contribution in [3.8, 4) is 34.2 Å². The van der Waals surface area contributed by atoms with Crippen molar-refractivity contribution < 1.29 is 4.52 Å². The van der Waals surface area contributed by atoms with Crippen molar-refractivity contribution >= 4 is 0 Å². The molecule has 0 saturated heterocycles. The van der Waals surface area contributed by atoms with Gasteiger partial charge in [-0.25, -0.2) is 0 Å². The van der Waals surface area contributed by atoms with E-state index in [2.05, 4.69) is 33.3 Å². The molecule has 0 aliphatic heterocycles. The van der Waals surface area contributed by atoms with Crippen LogP contribution in [-0.4, -0.2) is 20.3 Å². The van der Waals surface area contributed by atoms with Crippen LogP contribution in [0.25, 0.3) is 34.2 Å². The molecule has 23 heavy (non-hydrogen) atoms. The van der Waals surface area contributed by atoms with Crippen LogP contribution in [-0.2, 0) is 0 Å². The van der Waals surface area contributed by atoms with Crippen molar-refractivity contribution in [3.05, 3.63) is 66.2 Å². The van der Waals surface area contributed by atoms with Gasteiger partial charge in [0.1, 0.15) is 5.69 Å². The fourth-order valence-corrected chi connectivity index (χ4v) is 2.47. The third kappa shape index (κ3) is 2.53. The summed E-state index contributed by atoms with van der Waals surface area (Å²) in [4.78, 5) is 4.43. The number of H-pyrrole nitrogens is 1. The molecule has 2 aromatic carbocycles. The zero-order valence-electron chi connectivity index (χ0n) is 12.5. The molecule has 112 valence electrons. The molecule has 0 spiro atoms. The molecule has 0 aliphatic rings. The average molecular weight is 302 g/mol. The van der Waals surface area contributed by atoms with Crippen LogP contribution < -0.4 is 0 Å². The van der Waals surface area contributed by atoms with Gasteiger partial charge in [0.2, 0.25) is 5.82 Å². The van der Waals surface area contributed by atoms with E-state index in [-0.39, 0.29) is 0 Å². The summed E-state index contributed by atoms with van der Waals surface area (Å²) in [6.45, 7) is 2.06. The van der Waals surface area contributed by atoms with Crippen molar-refractivity contribution in [3.63, 3.8) is 0 Å². The molecule has 1 N–H and O–H groups in total. The highest BCUT2D eigenvalue weighted by Crippen LogP contribution is 2.26. The largest absolute Gasteiger partial charge is 0.332 e. The van der Waals surface area contributed by atoms with Crippen LogP contribution in [0, 0.1) is 6.92 Å². The lowest BCUT2D eigenvalue weighted by molar-refractivity contribution is 0.431. The van der Waals surface area contributed by atoms with Gasteiger partial charge in [0.15, 0.2) is 0 Å². The Bertz CT molecular complexity index is 940. The number of aromatic nitrogens is 4. The van der Waals surface area contributed by atoms with E-state index in [9.17, 15) is 0 Å². The molecule has 0 atom stereocenters. The lowest BCUT2D eigenvalue weighted by Crippen LogP contribution is -1.81. The summed E-state index contributed by atoms with van der Waals surface area (Å²) in [6, 6.07) is 19.8. The van der Waals surface area contributed by atoms with Crippen molar-refractivity contribution in [2.45, 2.75) is 6.92 Å². The highest BCUT2D eigenvalue weighted by atomic mass is 16.5. The molecule has 2 aromatic heterocycles. The van der Waals surface area contributed by atoms with Crippen molar-refractivity contribution in [2.75, 3.05) is 0 Å². The second-order valence-electron chi connectivity index (χ2n) is 5.27. The molecule has 0 aliphatic carbocycles. The summed E-state index contributed by atoms with van der Waals surface area (Å²) in [5, 5.41) is 11.3. The fourth-order valence-electron chi connectivity index (χ4n) is 2.47. The molecule has 2 heterocycles. The minimum Gasteiger partial charge on any atom is -0.332 e. The first-order valence-electron chi connectivity index (χ1n) is 7.32. The quantitative estimate of drug-likeness (QED) is 0.618. The third-order valence-electron chi connectivity index (χ3n) is 3.69. The lowest BCUT2D eigenvalue weighted by Gasteiger charge is -1.99. The number of nitrogens with zero attached hydrogens (tertiary/aromatic N) is 3. The van der Waals surface area contributed by atoms with E-state index < -0.39 is 0 Å². The number of aromatic amines is 1. The van der Waals surface area contributed by atoms with Gasteiger partial charge in [0, 0.05) is 11.1 Å². The predicted molar refractivity (Wildman–Crippen MR) is 87.5 cm³/mol. The molecule has 4 rings (SSSR count). The van der Waals surface area contributed by atoms with Gasteiger partial charge in [-0.2, -0.15) is 10.1 Å². The van der Waals surface area contributed by atoms with Gasteiger partial charge < -0.3 is 4.52 Å². The Labute approximate surface area is 133 Å². The van der Waals surface area contributed by atoms with Crippen LogP contribution in [0.15, 0.2) is 65.2 Å². The minimum atomic E-state index is 0.427. The number of benzene rings is 2. The zero-order chi connectivity index (χ0) is 15.6. The molecular weight excluding hydrogens is 288 g/mol. The van der Waals surface area contributed by atoms with Crippen molar-refractivity contribution in [2.24, 2.45) is 0 Å². The average Bonchev–Trinajstić information content (AvgIpc) is 3.25. The Kier molecular flexibility index (Phi) is 3.24. The first-order chi connectivity index (χ1) is 11.3. The molecule has 0 amide bonds. The molecule has 0 radical (unpaired) electrons. The van der Waals surface area contributed by atoms with Gasteiger partial charge in [-0.1, -0.05) is 59.8 Å².